The highest BCUT2D eigenvalue weighted by Gasteiger charge is 1.98. The predicted octanol–water partition coefficient (Wildman–Crippen LogP) is -0.126. The van der Waals surface area contributed by atoms with E-state index in [-0.39, 0.29) is 0 Å². The normalized spacial score (nSPS) is 9.23. The third-order valence-corrected chi connectivity index (χ3v) is 1.22. The van der Waals surface area contributed by atoms with Crippen LogP contribution in [0.3, 0.4) is 0 Å². The van der Waals surface area contributed by atoms with Gasteiger partial charge in [-0.05, 0) is 6.07 Å². The summed E-state index contributed by atoms with van der Waals surface area (Å²) in [5.41, 5.74) is 0. The summed E-state index contributed by atoms with van der Waals surface area (Å²) >= 11 is 0. The standard InChI is InChI=1S/C4H4N2.C2H3NO3S/c1-2-5-4-6-3-1;3-1-2-7(4,5)6/h1-4H;2H2,(H,4,5,6). The maximum atomic E-state index is 9.56. The van der Waals surface area contributed by atoms with Gasteiger partial charge in [-0.15, -0.1) is 0 Å². The van der Waals surface area contributed by atoms with E-state index in [0.717, 1.165) is 0 Å². The van der Waals surface area contributed by atoms with Gasteiger partial charge in [0.1, 0.15) is 6.33 Å². The van der Waals surface area contributed by atoms with Crippen LogP contribution in [0.25, 0.3) is 0 Å². The maximum absolute atomic E-state index is 9.56. The molecule has 1 aromatic heterocycles. The first-order valence-corrected chi connectivity index (χ1v) is 4.69. The number of nitrogens with zero attached hydrogens (tertiary/aromatic N) is 3. The molecule has 7 heteroatoms. The van der Waals surface area contributed by atoms with Crippen molar-refractivity contribution in [3.8, 4) is 6.07 Å². The van der Waals surface area contributed by atoms with Crippen LogP contribution in [0.2, 0.25) is 0 Å². The average molecular weight is 201 g/mol. The minimum Gasteiger partial charge on any atom is -0.285 e. The highest BCUT2D eigenvalue weighted by atomic mass is 32.2. The fraction of sp³-hybridized carbons (Fsp3) is 0.167. The van der Waals surface area contributed by atoms with Gasteiger partial charge in [0, 0.05) is 12.4 Å². The summed E-state index contributed by atoms with van der Waals surface area (Å²) in [7, 11) is -4.04. The van der Waals surface area contributed by atoms with Gasteiger partial charge in [-0.1, -0.05) is 0 Å². The molecular formula is C6H7N3O3S. The van der Waals surface area contributed by atoms with Crippen LogP contribution in [0.15, 0.2) is 24.8 Å². The minimum absolute atomic E-state index is 0.826. The van der Waals surface area contributed by atoms with Crippen LogP contribution in [0.1, 0.15) is 0 Å². The maximum Gasteiger partial charge on any atom is 0.278 e. The second-order valence-electron chi connectivity index (χ2n) is 1.79. The molecule has 0 aliphatic heterocycles. The number of rotatable bonds is 1. The SMILES string of the molecule is N#CCS(=O)(=O)O.c1cncnc1. The Morgan fingerprint density at radius 1 is 1.38 bits per heavy atom. The van der Waals surface area contributed by atoms with E-state index in [4.69, 9.17) is 9.81 Å². The van der Waals surface area contributed by atoms with Crippen LogP contribution in [0, 0.1) is 11.3 Å². The Bertz CT molecular complexity index is 330. The van der Waals surface area contributed by atoms with Crippen LogP contribution >= 0.6 is 0 Å². The van der Waals surface area contributed by atoms with Crippen LogP contribution in [-0.4, -0.2) is 28.7 Å². The molecular weight excluding hydrogens is 194 g/mol. The monoisotopic (exact) mass is 201 g/mol. The van der Waals surface area contributed by atoms with Gasteiger partial charge in [0.25, 0.3) is 10.1 Å². The van der Waals surface area contributed by atoms with Crippen LogP contribution in [0.5, 0.6) is 0 Å². The quantitative estimate of drug-likeness (QED) is 0.635. The lowest BCUT2D eigenvalue weighted by atomic mass is 10.7. The lowest BCUT2D eigenvalue weighted by Crippen LogP contribution is -1.99. The summed E-state index contributed by atoms with van der Waals surface area (Å²) < 4.78 is 26.9. The largest absolute Gasteiger partial charge is 0.285 e. The van der Waals surface area contributed by atoms with E-state index >= 15 is 0 Å². The van der Waals surface area contributed by atoms with Crippen LogP contribution in [-0.2, 0) is 10.1 Å². The van der Waals surface area contributed by atoms with Crippen molar-refractivity contribution < 1.29 is 13.0 Å². The molecule has 0 radical (unpaired) electrons. The first-order chi connectivity index (χ1) is 6.06. The Hall–Kier alpha value is -1.52. The first-order valence-electron chi connectivity index (χ1n) is 3.08. The van der Waals surface area contributed by atoms with E-state index in [1.54, 1.807) is 18.5 Å². The van der Waals surface area contributed by atoms with Gasteiger partial charge in [-0.3, -0.25) is 4.55 Å². The molecule has 0 aromatic carbocycles. The molecule has 0 aliphatic carbocycles. The lowest BCUT2D eigenvalue weighted by molar-refractivity contribution is 0.487. The second-order valence-corrected chi connectivity index (χ2v) is 3.24. The number of aromatic nitrogens is 2. The van der Waals surface area contributed by atoms with E-state index in [1.807, 2.05) is 0 Å². The zero-order valence-electron chi connectivity index (χ0n) is 6.53. The zero-order valence-corrected chi connectivity index (χ0v) is 7.35. The van der Waals surface area contributed by atoms with Gasteiger partial charge < -0.3 is 0 Å². The Kier molecular flexibility index (Phi) is 5.34. The summed E-state index contributed by atoms with van der Waals surface area (Å²) in [6, 6.07) is 3.05. The van der Waals surface area contributed by atoms with Crippen molar-refractivity contribution in [1.82, 2.24) is 9.97 Å². The van der Waals surface area contributed by atoms with Crippen LogP contribution < -0.4 is 0 Å². The summed E-state index contributed by atoms with van der Waals surface area (Å²) in [5, 5.41) is 7.61. The highest BCUT2D eigenvalue weighted by molar-refractivity contribution is 7.86. The van der Waals surface area contributed by atoms with Crippen molar-refractivity contribution in [2.24, 2.45) is 0 Å². The third-order valence-electron chi connectivity index (χ3n) is 0.725. The molecule has 0 spiro atoms. The molecule has 0 amide bonds. The molecule has 0 aliphatic rings. The first kappa shape index (κ1) is 11.5. The molecule has 1 heterocycles. The molecule has 6 nitrogen and oxygen atoms in total. The van der Waals surface area contributed by atoms with Gasteiger partial charge in [0.05, 0.1) is 6.07 Å². The molecule has 1 rings (SSSR count). The summed E-state index contributed by atoms with van der Waals surface area (Å²) in [6.45, 7) is 0. The van der Waals surface area contributed by atoms with Crippen molar-refractivity contribution in [1.29, 1.82) is 5.26 Å². The highest BCUT2D eigenvalue weighted by Crippen LogP contribution is 1.74. The Labute approximate surface area is 75.6 Å². The fourth-order valence-corrected chi connectivity index (χ4v) is 0.498. The predicted molar refractivity (Wildman–Crippen MR) is 44.1 cm³/mol. The topological polar surface area (TPSA) is 104 Å². The molecule has 0 unspecified atom stereocenters. The molecule has 1 aromatic rings. The zero-order chi connectivity index (χ0) is 10.2. The van der Waals surface area contributed by atoms with Gasteiger partial charge in [-0.25, -0.2) is 9.97 Å². The van der Waals surface area contributed by atoms with Crippen molar-refractivity contribution in [3.63, 3.8) is 0 Å². The van der Waals surface area contributed by atoms with Crippen LogP contribution in [0.4, 0.5) is 0 Å². The lowest BCUT2D eigenvalue weighted by Gasteiger charge is -1.78. The van der Waals surface area contributed by atoms with Gasteiger partial charge in [-0.2, -0.15) is 13.7 Å². The number of hydrogen-bond acceptors (Lipinski definition) is 5. The number of nitriles is 1. The minimum atomic E-state index is -4.04. The molecule has 1 N–H and O–H groups in total. The third kappa shape index (κ3) is 10.5. The summed E-state index contributed by atoms with van der Waals surface area (Å²) in [6.07, 6.45) is 4.88. The van der Waals surface area contributed by atoms with E-state index in [0.29, 0.717) is 0 Å². The molecule has 0 atom stereocenters. The van der Waals surface area contributed by atoms with E-state index in [2.05, 4.69) is 9.97 Å². The van der Waals surface area contributed by atoms with Crippen molar-refractivity contribution >= 4 is 10.1 Å². The molecule has 0 fully saturated rings. The average Bonchev–Trinajstić information content (AvgIpc) is 2.06. The van der Waals surface area contributed by atoms with Crippen molar-refractivity contribution in [2.75, 3.05) is 5.75 Å². The molecule has 0 saturated heterocycles. The summed E-state index contributed by atoms with van der Waals surface area (Å²) in [4.78, 5) is 7.35. The van der Waals surface area contributed by atoms with E-state index < -0.39 is 15.9 Å². The fourth-order valence-electron chi connectivity index (χ4n) is 0.335. The molecule has 0 bridgehead atoms. The van der Waals surface area contributed by atoms with E-state index in [9.17, 15) is 8.42 Å². The van der Waals surface area contributed by atoms with E-state index in [1.165, 1.54) is 12.4 Å². The van der Waals surface area contributed by atoms with Gasteiger partial charge >= 0.3 is 0 Å². The molecule has 0 saturated carbocycles. The Morgan fingerprint density at radius 3 is 2.00 bits per heavy atom. The smallest absolute Gasteiger partial charge is 0.278 e. The Morgan fingerprint density at radius 2 is 1.92 bits per heavy atom. The number of hydrogen-bond donors (Lipinski definition) is 1. The van der Waals surface area contributed by atoms with Crippen molar-refractivity contribution in [2.45, 2.75) is 0 Å². The Balaban J connectivity index is 0.000000223. The summed E-state index contributed by atoms with van der Waals surface area (Å²) in [5.74, 6) is -0.826. The molecule has 70 valence electrons. The van der Waals surface area contributed by atoms with Gasteiger partial charge in [0.2, 0.25) is 0 Å². The van der Waals surface area contributed by atoms with Gasteiger partial charge in [0.15, 0.2) is 5.75 Å². The second kappa shape index (κ2) is 6.05. The van der Waals surface area contributed by atoms with Crippen molar-refractivity contribution in [3.05, 3.63) is 24.8 Å². The molecule has 13 heavy (non-hydrogen) atoms.